The zero-order valence-electron chi connectivity index (χ0n) is 10.6. The molecule has 1 aliphatic rings. The van der Waals surface area contributed by atoms with Gasteiger partial charge in [-0.2, -0.15) is 0 Å². The highest BCUT2D eigenvalue weighted by atomic mass is 16.1. The highest BCUT2D eigenvalue weighted by molar-refractivity contribution is 5.12. The molecule has 1 aromatic rings. The first-order valence-electron chi connectivity index (χ1n) is 7.07. The molecule has 0 aliphatic carbocycles. The number of hydrogen-bond acceptors (Lipinski definition) is 1. The summed E-state index contributed by atoms with van der Waals surface area (Å²) in [6.07, 6.45) is 12.5. The summed E-state index contributed by atoms with van der Waals surface area (Å²) in [5.41, 5.74) is 2.43. The molecule has 2 heterocycles. The van der Waals surface area contributed by atoms with Gasteiger partial charge in [0.25, 0.3) is 0 Å². The van der Waals surface area contributed by atoms with Crippen LogP contribution in [0.15, 0.2) is 16.9 Å². The van der Waals surface area contributed by atoms with Crippen LogP contribution in [0.3, 0.4) is 0 Å². The molecule has 0 radical (unpaired) electrons. The second-order valence-corrected chi connectivity index (χ2v) is 5.19. The summed E-state index contributed by atoms with van der Waals surface area (Å²) in [4.78, 5) is 15.0. The van der Waals surface area contributed by atoms with E-state index >= 15 is 0 Å². The number of aromatic nitrogens is 1. The average Bonchev–Trinajstić information content (AvgIpc) is 2.31. The van der Waals surface area contributed by atoms with Gasteiger partial charge in [-0.05, 0) is 25.7 Å². The zero-order chi connectivity index (χ0) is 11.9. The lowest BCUT2D eigenvalue weighted by molar-refractivity contribution is 0.570. The second kappa shape index (κ2) is 6.63. The van der Waals surface area contributed by atoms with Crippen LogP contribution in [0.5, 0.6) is 0 Å². The Hall–Kier alpha value is -1.05. The Morgan fingerprint density at radius 2 is 1.12 bits per heavy atom. The van der Waals surface area contributed by atoms with Crippen LogP contribution in [0.4, 0.5) is 0 Å². The summed E-state index contributed by atoms with van der Waals surface area (Å²) >= 11 is 0. The van der Waals surface area contributed by atoms with Crippen LogP contribution >= 0.6 is 0 Å². The van der Waals surface area contributed by atoms with E-state index in [1.54, 1.807) is 12.1 Å². The monoisotopic (exact) mass is 233 g/mol. The van der Waals surface area contributed by atoms with Crippen LogP contribution in [0.2, 0.25) is 0 Å². The van der Waals surface area contributed by atoms with E-state index in [2.05, 4.69) is 4.98 Å². The first kappa shape index (κ1) is 12.4. The third-order valence-corrected chi connectivity index (χ3v) is 3.60. The van der Waals surface area contributed by atoms with Gasteiger partial charge in [-0.15, -0.1) is 0 Å². The fourth-order valence-corrected chi connectivity index (χ4v) is 2.62. The Bertz CT molecular complexity index is 361. The molecule has 2 nitrogen and oxygen atoms in total. The Balaban J connectivity index is 2.06. The first-order valence-corrected chi connectivity index (χ1v) is 7.07. The molecule has 0 aromatic carbocycles. The molecule has 0 fully saturated rings. The van der Waals surface area contributed by atoms with Crippen molar-refractivity contribution in [2.75, 3.05) is 0 Å². The molecule has 0 amide bonds. The van der Waals surface area contributed by atoms with E-state index < -0.39 is 0 Å². The molecule has 1 aliphatic heterocycles. The van der Waals surface area contributed by atoms with Crippen molar-refractivity contribution in [2.45, 2.75) is 64.2 Å². The van der Waals surface area contributed by atoms with E-state index in [0.717, 1.165) is 24.2 Å². The van der Waals surface area contributed by atoms with Gasteiger partial charge in [0, 0.05) is 23.5 Å². The Kier molecular flexibility index (Phi) is 4.84. The Morgan fingerprint density at radius 1 is 0.706 bits per heavy atom. The number of H-pyrrole nitrogens is 1. The maximum atomic E-state index is 11.6. The molecule has 1 aromatic heterocycles. The highest BCUT2D eigenvalue weighted by Gasteiger charge is 2.02. The summed E-state index contributed by atoms with van der Waals surface area (Å²) in [5, 5.41) is 0. The number of pyridine rings is 1. The average molecular weight is 233 g/mol. The predicted molar refractivity (Wildman–Crippen MR) is 71.4 cm³/mol. The van der Waals surface area contributed by atoms with Crippen molar-refractivity contribution in [1.29, 1.82) is 0 Å². The van der Waals surface area contributed by atoms with Crippen LogP contribution in [-0.2, 0) is 12.8 Å². The standard InChI is InChI=1S/C15H23NO/c17-15-11-13-9-7-5-3-1-2-4-6-8-10-14(12-15)16-13/h11-12H,1-10H2,(H,16,17). The van der Waals surface area contributed by atoms with Crippen molar-refractivity contribution in [3.05, 3.63) is 33.7 Å². The van der Waals surface area contributed by atoms with Crippen molar-refractivity contribution >= 4 is 0 Å². The van der Waals surface area contributed by atoms with Gasteiger partial charge in [0.2, 0.25) is 0 Å². The molecule has 2 bridgehead atoms. The van der Waals surface area contributed by atoms with E-state index in [1.165, 1.54) is 51.4 Å². The van der Waals surface area contributed by atoms with Crippen molar-refractivity contribution in [3.8, 4) is 0 Å². The van der Waals surface area contributed by atoms with Gasteiger partial charge in [0.05, 0.1) is 0 Å². The molecule has 17 heavy (non-hydrogen) atoms. The minimum Gasteiger partial charge on any atom is -0.362 e. The minimum absolute atomic E-state index is 0.170. The first-order chi connectivity index (χ1) is 8.34. The fraction of sp³-hybridized carbons (Fsp3) is 0.667. The minimum atomic E-state index is 0.170. The fourth-order valence-electron chi connectivity index (χ4n) is 2.62. The van der Waals surface area contributed by atoms with Crippen LogP contribution in [-0.4, -0.2) is 4.98 Å². The summed E-state index contributed by atoms with van der Waals surface area (Å²) in [6, 6.07) is 3.53. The van der Waals surface area contributed by atoms with Crippen LogP contribution in [0.25, 0.3) is 0 Å². The zero-order valence-corrected chi connectivity index (χ0v) is 10.6. The van der Waals surface area contributed by atoms with E-state index in [4.69, 9.17) is 0 Å². The number of nitrogens with one attached hydrogen (secondary N) is 1. The topological polar surface area (TPSA) is 32.9 Å². The maximum Gasteiger partial charge on any atom is 0.182 e. The number of fused-ring (bicyclic) bond motifs is 2. The van der Waals surface area contributed by atoms with Crippen molar-refractivity contribution < 1.29 is 0 Å². The Labute approximate surface area is 103 Å². The molecule has 0 saturated heterocycles. The van der Waals surface area contributed by atoms with Gasteiger partial charge < -0.3 is 4.98 Å². The summed E-state index contributed by atoms with van der Waals surface area (Å²) in [5.74, 6) is 0. The number of aromatic amines is 1. The van der Waals surface area contributed by atoms with E-state index in [9.17, 15) is 4.79 Å². The summed E-state index contributed by atoms with van der Waals surface area (Å²) in [7, 11) is 0. The molecule has 2 rings (SSSR count). The second-order valence-electron chi connectivity index (χ2n) is 5.19. The molecular formula is C15H23NO. The van der Waals surface area contributed by atoms with Crippen LogP contribution in [0, 0.1) is 0 Å². The van der Waals surface area contributed by atoms with E-state index in [1.807, 2.05) is 0 Å². The molecule has 0 saturated carbocycles. The van der Waals surface area contributed by atoms with Gasteiger partial charge in [-0.25, -0.2) is 0 Å². The lowest BCUT2D eigenvalue weighted by Crippen LogP contribution is -2.07. The van der Waals surface area contributed by atoms with E-state index in [-0.39, 0.29) is 5.43 Å². The lowest BCUT2D eigenvalue weighted by atomic mass is 10.1. The molecule has 94 valence electrons. The van der Waals surface area contributed by atoms with E-state index in [0.29, 0.717) is 0 Å². The molecule has 2 heteroatoms. The third kappa shape index (κ3) is 4.37. The summed E-state index contributed by atoms with van der Waals surface area (Å²) < 4.78 is 0. The summed E-state index contributed by atoms with van der Waals surface area (Å²) in [6.45, 7) is 0. The van der Waals surface area contributed by atoms with Crippen LogP contribution in [0.1, 0.15) is 62.8 Å². The molecule has 1 N–H and O–H groups in total. The van der Waals surface area contributed by atoms with Crippen LogP contribution < -0.4 is 5.43 Å². The molecular weight excluding hydrogens is 210 g/mol. The predicted octanol–water partition coefficient (Wildman–Crippen LogP) is 3.59. The third-order valence-electron chi connectivity index (χ3n) is 3.60. The maximum absolute atomic E-state index is 11.6. The van der Waals surface area contributed by atoms with Crippen molar-refractivity contribution in [3.63, 3.8) is 0 Å². The quantitative estimate of drug-likeness (QED) is 0.729. The van der Waals surface area contributed by atoms with Gasteiger partial charge in [0.15, 0.2) is 5.43 Å². The van der Waals surface area contributed by atoms with Gasteiger partial charge in [-0.1, -0.05) is 38.5 Å². The largest absolute Gasteiger partial charge is 0.362 e. The number of rotatable bonds is 0. The van der Waals surface area contributed by atoms with Crippen molar-refractivity contribution in [1.82, 2.24) is 4.98 Å². The molecule has 0 unspecified atom stereocenters. The molecule has 0 spiro atoms. The lowest BCUT2D eigenvalue weighted by Gasteiger charge is -2.05. The number of hydrogen-bond donors (Lipinski definition) is 1. The normalized spacial score (nSPS) is 18.8. The SMILES string of the molecule is O=c1cc2[nH]c(c1)CCCCCCCCCC2. The number of aryl methyl sites for hydroxylation is 2. The van der Waals surface area contributed by atoms with Gasteiger partial charge in [-0.3, -0.25) is 4.79 Å². The Morgan fingerprint density at radius 3 is 1.59 bits per heavy atom. The van der Waals surface area contributed by atoms with Crippen molar-refractivity contribution in [2.24, 2.45) is 0 Å². The molecule has 0 atom stereocenters. The smallest absolute Gasteiger partial charge is 0.182 e. The highest BCUT2D eigenvalue weighted by Crippen LogP contribution is 2.13. The van der Waals surface area contributed by atoms with Gasteiger partial charge >= 0.3 is 0 Å². The van der Waals surface area contributed by atoms with Gasteiger partial charge in [0.1, 0.15) is 0 Å².